The van der Waals surface area contributed by atoms with Crippen LogP contribution in [0, 0.1) is 11.3 Å². The second-order valence-electron chi connectivity index (χ2n) is 6.97. The Morgan fingerprint density at radius 1 is 0.900 bits per heavy atom. The Morgan fingerprint density at radius 3 is 2.03 bits per heavy atom. The van der Waals surface area contributed by atoms with Gasteiger partial charge in [-0.2, -0.15) is 5.26 Å². The maximum Gasteiger partial charge on any atom is 0.266 e. The molecular weight excluding hydrogens is 376 g/mol. The van der Waals surface area contributed by atoms with Crippen LogP contribution in [0.4, 0.5) is 5.69 Å². The summed E-state index contributed by atoms with van der Waals surface area (Å²) in [7, 11) is 0. The molecule has 0 bridgehead atoms. The molecule has 0 heterocycles. The fraction of sp³-hybridized carbons (Fsp3) is 0.360. The molecule has 0 saturated carbocycles. The molecule has 0 aliphatic carbocycles. The Balaban J connectivity index is 1.93. The van der Waals surface area contributed by atoms with E-state index in [0.29, 0.717) is 18.9 Å². The second-order valence-corrected chi connectivity index (χ2v) is 6.97. The van der Waals surface area contributed by atoms with Crippen molar-refractivity contribution in [2.24, 2.45) is 0 Å². The Bertz CT molecular complexity index is 849. The van der Waals surface area contributed by atoms with Crippen molar-refractivity contribution in [3.8, 4) is 17.6 Å². The van der Waals surface area contributed by atoms with Gasteiger partial charge in [-0.1, -0.05) is 45.2 Å². The molecule has 1 amide bonds. The van der Waals surface area contributed by atoms with Crippen molar-refractivity contribution in [2.45, 2.75) is 46.0 Å². The zero-order chi connectivity index (χ0) is 21.6. The predicted octanol–water partition coefficient (Wildman–Crippen LogP) is 5.98. The van der Waals surface area contributed by atoms with Crippen LogP contribution in [-0.4, -0.2) is 19.1 Å². The number of anilines is 1. The van der Waals surface area contributed by atoms with Gasteiger partial charge < -0.3 is 14.8 Å². The summed E-state index contributed by atoms with van der Waals surface area (Å²) >= 11 is 0. The molecule has 0 fully saturated rings. The van der Waals surface area contributed by atoms with Crippen molar-refractivity contribution in [2.75, 3.05) is 18.5 Å². The summed E-state index contributed by atoms with van der Waals surface area (Å²) in [5.74, 6) is 1.10. The van der Waals surface area contributed by atoms with Crippen LogP contribution < -0.4 is 14.8 Å². The number of unbranched alkanes of at least 4 members (excludes halogenated alkanes) is 3. The standard InChI is InChI=1S/C25H30N2O3/c1-3-5-7-17-30-24-14-10-22(11-15-24)27-25(28)21(19-26)18-20-8-12-23(13-9-20)29-16-6-4-2/h8-15,18H,3-7,16-17H2,1-2H3,(H,27,28)/b21-18+. The second kappa shape index (κ2) is 13.1. The van der Waals surface area contributed by atoms with Crippen molar-refractivity contribution in [1.29, 1.82) is 5.26 Å². The molecule has 0 radical (unpaired) electrons. The zero-order valence-electron chi connectivity index (χ0n) is 17.8. The molecule has 0 aliphatic heterocycles. The Labute approximate surface area is 179 Å². The molecule has 2 aromatic rings. The Kier molecular flexibility index (Phi) is 10.0. The van der Waals surface area contributed by atoms with Crippen LogP contribution in [0.25, 0.3) is 6.08 Å². The number of hydrogen-bond donors (Lipinski definition) is 1. The monoisotopic (exact) mass is 406 g/mol. The predicted molar refractivity (Wildman–Crippen MR) is 121 cm³/mol. The minimum absolute atomic E-state index is 0.0366. The van der Waals surface area contributed by atoms with E-state index in [9.17, 15) is 10.1 Å². The molecule has 0 aromatic heterocycles. The maximum absolute atomic E-state index is 12.5. The molecule has 2 rings (SSSR count). The average Bonchev–Trinajstić information content (AvgIpc) is 2.77. The minimum atomic E-state index is -0.447. The summed E-state index contributed by atoms with van der Waals surface area (Å²) in [6, 6.07) is 16.5. The first-order chi connectivity index (χ1) is 14.7. The van der Waals surface area contributed by atoms with Gasteiger partial charge in [0.05, 0.1) is 13.2 Å². The molecule has 0 saturated heterocycles. The van der Waals surface area contributed by atoms with Gasteiger partial charge in [-0.3, -0.25) is 4.79 Å². The molecule has 1 N–H and O–H groups in total. The van der Waals surface area contributed by atoms with Crippen LogP contribution in [0.3, 0.4) is 0 Å². The highest BCUT2D eigenvalue weighted by atomic mass is 16.5. The van der Waals surface area contributed by atoms with E-state index < -0.39 is 5.91 Å². The van der Waals surface area contributed by atoms with Crippen LogP contribution in [0.2, 0.25) is 0 Å². The van der Waals surface area contributed by atoms with Gasteiger partial charge in [0.15, 0.2) is 0 Å². The molecule has 5 nitrogen and oxygen atoms in total. The van der Waals surface area contributed by atoms with Gasteiger partial charge in [-0.15, -0.1) is 0 Å². The Hall–Kier alpha value is -3.26. The van der Waals surface area contributed by atoms with E-state index in [1.165, 1.54) is 0 Å². The summed E-state index contributed by atoms with van der Waals surface area (Å²) in [4.78, 5) is 12.5. The third-order valence-electron chi connectivity index (χ3n) is 4.45. The van der Waals surface area contributed by atoms with Gasteiger partial charge >= 0.3 is 0 Å². The minimum Gasteiger partial charge on any atom is -0.494 e. The third-order valence-corrected chi connectivity index (χ3v) is 4.45. The maximum atomic E-state index is 12.5. The highest BCUT2D eigenvalue weighted by molar-refractivity contribution is 6.09. The fourth-order valence-electron chi connectivity index (χ4n) is 2.68. The molecule has 0 spiro atoms. The van der Waals surface area contributed by atoms with Crippen LogP contribution in [0.5, 0.6) is 11.5 Å². The van der Waals surface area contributed by atoms with Crippen molar-refractivity contribution < 1.29 is 14.3 Å². The van der Waals surface area contributed by atoms with Crippen LogP contribution in [0.1, 0.15) is 51.5 Å². The normalized spacial score (nSPS) is 10.9. The summed E-state index contributed by atoms with van der Waals surface area (Å²) < 4.78 is 11.3. The van der Waals surface area contributed by atoms with Gasteiger partial charge in [0.25, 0.3) is 5.91 Å². The number of carbonyl (C=O) groups is 1. The van der Waals surface area contributed by atoms with Gasteiger partial charge in [-0.05, 0) is 60.9 Å². The molecule has 2 aromatic carbocycles. The summed E-state index contributed by atoms with van der Waals surface area (Å²) in [5, 5.41) is 12.1. The molecular formula is C25H30N2O3. The number of nitrogens with zero attached hydrogens (tertiary/aromatic N) is 1. The molecule has 158 valence electrons. The summed E-state index contributed by atoms with van der Waals surface area (Å²) in [5.41, 5.74) is 1.41. The highest BCUT2D eigenvalue weighted by Gasteiger charge is 2.10. The first-order valence-electron chi connectivity index (χ1n) is 10.5. The van der Waals surface area contributed by atoms with Gasteiger partial charge in [0.2, 0.25) is 0 Å². The van der Waals surface area contributed by atoms with Gasteiger partial charge in [-0.25, -0.2) is 0 Å². The number of nitrogens with one attached hydrogen (secondary N) is 1. The molecule has 0 unspecified atom stereocenters. The van der Waals surface area contributed by atoms with Crippen LogP contribution >= 0.6 is 0 Å². The lowest BCUT2D eigenvalue weighted by atomic mass is 10.1. The van der Waals surface area contributed by atoms with Crippen molar-refractivity contribution in [1.82, 2.24) is 0 Å². The summed E-state index contributed by atoms with van der Waals surface area (Å²) in [6.45, 7) is 5.63. The molecule has 30 heavy (non-hydrogen) atoms. The van der Waals surface area contributed by atoms with E-state index in [0.717, 1.165) is 49.2 Å². The lowest BCUT2D eigenvalue weighted by Crippen LogP contribution is -2.13. The number of amides is 1. The third kappa shape index (κ3) is 8.00. The first-order valence-corrected chi connectivity index (χ1v) is 10.5. The zero-order valence-corrected chi connectivity index (χ0v) is 17.8. The lowest BCUT2D eigenvalue weighted by molar-refractivity contribution is -0.112. The quantitative estimate of drug-likeness (QED) is 0.267. The van der Waals surface area contributed by atoms with Gasteiger partial charge in [0.1, 0.15) is 23.1 Å². The smallest absolute Gasteiger partial charge is 0.266 e. The fourth-order valence-corrected chi connectivity index (χ4v) is 2.68. The molecule has 0 atom stereocenters. The highest BCUT2D eigenvalue weighted by Crippen LogP contribution is 2.18. The number of ether oxygens (including phenoxy) is 2. The average molecular weight is 407 g/mol. The van der Waals surface area contributed by atoms with E-state index in [2.05, 4.69) is 19.2 Å². The molecule has 0 aliphatic rings. The van der Waals surface area contributed by atoms with E-state index in [-0.39, 0.29) is 5.57 Å². The van der Waals surface area contributed by atoms with E-state index in [1.54, 1.807) is 18.2 Å². The van der Waals surface area contributed by atoms with E-state index >= 15 is 0 Å². The van der Waals surface area contributed by atoms with Crippen LogP contribution in [0.15, 0.2) is 54.1 Å². The Morgan fingerprint density at radius 2 is 1.47 bits per heavy atom. The number of carbonyl (C=O) groups excluding carboxylic acids is 1. The van der Waals surface area contributed by atoms with Crippen molar-refractivity contribution in [3.05, 3.63) is 59.7 Å². The van der Waals surface area contributed by atoms with E-state index in [1.807, 2.05) is 42.5 Å². The van der Waals surface area contributed by atoms with Crippen molar-refractivity contribution >= 4 is 17.7 Å². The lowest BCUT2D eigenvalue weighted by Gasteiger charge is -2.08. The number of hydrogen-bond acceptors (Lipinski definition) is 4. The number of benzene rings is 2. The van der Waals surface area contributed by atoms with E-state index in [4.69, 9.17) is 9.47 Å². The van der Waals surface area contributed by atoms with Gasteiger partial charge in [0, 0.05) is 5.69 Å². The largest absolute Gasteiger partial charge is 0.494 e. The topological polar surface area (TPSA) is 71.3 Å². The first kappa shape index (κ1) is 23.0. The number of rotatable bonds is 12. The summed E-state index contributed by atoms with van der Waals surface area (Å²) in [6.07, 6.45) is 6.97. The SMILES string of the molecule is CCCCCOc1ccc(NC(=O)/C(C#N)=C/c2ccc(OCCCC)cc2)cc1. The number of nitriles is 1. The van der Waals surface area contributed by atoms with Crippen molar-refractivity contribution in [3.63, 3.8) is 0 Å². The molecule has 5 heteroatoms. The van der Waals surface area contributed by atoms with Crippen LogP contribution in [-0.2, 0) is 4.79 Å².